The van der Waals surface area contributed by atoms with Crippen LogP contribution in [0, 0.1) is 25.2 Å². The molecule has 0 radical (unpaired) electrons. The van der Waals surface area contributed by atoms with Gasteiger partial charge in [0.2, 0.25) is 0 Å². The fourth-order valence-electron chi connectivity index (χ4n) is 5.66. The Hall–Kier alpha value is -4.64. The molecule has 1 saturated heterocycles. The third-order valence-corrected chi connectivity index (χ3v) is 8.12. The van der Waals surface area contributed by atoms with Crippen molar-refractivity contribution in [1.82, 2.24) is 24.9 Å². The topological polar surface area (TPSA) is 107 Å². The molecule has 8 heteroatoms. The summed E-state index contributed by atoms with van der Waals surface area (Å²) in [6.45, 7) is 10.9. The first-order valence-electron chi connectivity index (χ1n) is 13.8. The van der Waals surface area contributed by atoms with Gasteiger partial charge in [-0.15, -0.1) is 0 Å². The van der Waals surface area contributed by atoms with Gasteiger partial charge in [0.1, 0.15) is 29.4 Å². The van der Waals surface area contributed by atoms with E-state index in [1.165, 1.54) is 0 Å². The number of hydrogen-bond acceptors (Lipinski definition) is 6. The second-order valence-electron chi connectivity index (χ2n) is 10.8. The van der Waals surface area contributed by atoms with Gasteiger partial charge in [0.25, 0.3) is 0 Å². The molecule has 1 aliphatic heterocycles. The molecule has 40 heavy (non-hydrogen) atoms. The number of piperidine rings is 1. The standard InChI is InChI=1S/C32H33N7O/c1-5-40-27-11-10-24(16-20(27)2)28-21(3)36-31(38-28)32(4)12-14-39(15-13-32)30-25-17-26(37-29(25)34-19-35-30)23-8-6-22(18-33)7-9-23/h6-11,16-17,19H,5,12-15H2,1-4H3,(H,36,38)(H,34,35,37). The summed E-state index contributed by atoms with van der Waals surface area (Å²) >= 11 is 0. The molecule has 1 fully saturated rings. The Kier molecular flexibility index (Phi) is 6.51. The van der Waals surface area contributed by atoms with Crippen LogP contribution in [0.1, 0.15) is 49.3 Å². The summed E-state index contributed by atoms with van der Waals surface area (Å²) in [4.78, 5) is 23.7. The SMILES string of the molecule is CCOc1ccc(-c2[nH]c(C3(C)CCN(c4ncnc5[nH]c(-c6ccc(C#N)cc6)cc45)CC3)nc2C)cc1C. The molecule has 5 aromatic rings. The summed E-state index contributed by atoms with van der Waals surface area (Å²) < 4.78 is 5.73. The van der Waals surface area contributed by atoms with E-state index in [1.807, 2.05) is 37.3 Å². The Labute approximate surface area is 234 Å². The maximum atomic E-state index is 9.11. The van der Waals surface area contributed by atoms with E-state index in [1.54, 1.807) is 6.33 Å². The molecule has 6 rings (SSSR count). The Morgan fingerprint density at radius 3 is 2.45 bits per heavy atom. The number of hydrogen-bond donors (Lipinski definition) is 2. The molecule has 0 atom stereocenters. The zero-order valence-electron chi connectivity index (χ0n) is 23.4. The van der Waals surface area contributed by atoms with Crippen molar-refractivity contribution in [2.75, 3.05) is 24.6 Å². The van der Waals surface area contributed by atoms with E-state index in [2.05, 4.69) is 69.9 Å². The summed E-state index contributed by atoms with van der Waals surface area (Å²) in [5.41, 5.74) is 7.72. The number of aromatic nitrogens is 5. The number of aryl methyl sites for hydroxylation is 2. The van der Waals surface area contributed by atoms with Gasteiger partial charge in [-0.05, 0) is 81.1 Å². The van der Waals surface area contributed by atoms with Gasteiger partial charge in [0.15, 0.2) is 0 Å². The number of benzene rings is 2. The number of nitrogens with one attached hydrogen (secondary N) is 2. The summed E-state index contributed by atoms with van der Waals surface area (Å²) in [6.07, 6.45) is 3.55. The van der Waals surface area contributed by atoms with Crippen LogP contribution in [0.3, 0.4) is 0 Å². The smallest absolute Gasteiger partial charge is 0.143 e. The lowest BCUT2D eigenvalue weighted by Gasteiger charge is -2.38. The lowest BCUT2D eigenvalue weighted by atomic mass is 9.79. The Bertz CT molecular complexity index is 1720. The Morgan fingerprint density at radius 1 is 1.00 bits per heavy atom. The number of ether oxygens (including phenoxy) is 1. The molecule has 8 nitrogen and oxygen atoms in total. The number of imidazole rings is 1. The minimum absolute atomic E-state index is 0.0578. The first kappa shape index (κ1) is 25.6. The van der Waals surface area contributed by atoms with Crippen molar-refractivity contribution in [3.8, 4) is 34.3 Å². The fraction of sp³-hybridized carbons (Fsp3) is 0.312. The van der Waals surface area contributed by atoms with Crippen molar-refractivity contribution < 1.29 is 4.74 Å². The second kappa shape index (κ2) is 10.2. The highest BCUT2D eigenvalue weighted by atomic mass is 16.5. The van der Waals surface area contributed by atoms with Crippen molar-refractivity contribution in [2.45, 2.75) is 46.0 Å². The van der Waals surface area contributed by atoms with E-state index >= 15 is 0 Å². The van der Waals surface area contributed by atoms with Gasteiger partial charge in [-0.1, -0.05) is 19.1 Å². The zero-order chi connectivity index (χ0) is 27.9. The molecule has 0 spiro atoms. The minimum atomic E-state index is -0.0578. The summed E-state index contributed by atoms with van der Waals surface area (Å²) in [6, 6.07) is 18.2. The molecule has 3 aromatic heterocycles. The highest BCUT2D eigenvalue weighted by Gasteiger charge is 2.36. The van der Waals surface area contributed by atoms with Crippen LogP contribution in [-0.2, 0) is 5.41 Å². The van der Waals surface area contributed by atoms with Crippen molar-refractivity contribution in [3.05, 3.63) is 77.5 Å². The van der Waals surface area contributed by atoms with Crippen molar-refractivity contribution in [3.63, 3.8) is 0 Å². The van der Waals surface area contributed by atoms with Crippen LogP contribution in [-0.4, -0.2) is 44.6 Å². The van der Waals surface area contributed by atoms with Gasteiger partial charge >= 0.3 is 0 Å². The molecule has 0 aliphatic carbocycles. The van der Waals surface area contributed by atoms with E-state index in [0.29, 0.717) is 12.2 Å². The van der Waals surface area contributed by atoms with Gasteiger partial charge in [0, 0.05) is 29.8 Å². The number of rotatable bonds is 6. The van der Waals surface area contributed by atoms with Crippen LogP contribution < -0.4 is 9.64 Å². The van der Waals surface area contributed by atoms with E-state index < -0.39 is 0 Å². The van der Waals surface area contributed by atoms with Crippen molar-refractivity contribution in [2.24, 2.45) is 0 Å². The maximum Gasteiger partial charge on any atom is 0.143 e. The molecule has 0 unspecified atom stereocenters. The lowest BCUT2D eigenvalue weighted by Crippen LogP contribution is -2.42. The Balaban J connectivity index is 1.22. The highest BCUT2D eigenvalue weighted by Crippen LogP contribution is 2.38. The molecule has 2 aromatic carbocycles. The van der Waals surface area contributed by atoms with E-state index in [0.717, 1.165) is 88.1 Å². The first-order chi connectivity index (χ1) is 19.4. The molecule has 0 bridgehead atoms. The zero-order valence-corrected chi connectivity index (χ0v) is 23.4. The summed E-state index contributed by atoms with van der Waals surface area (Å²) in [7, 11) is 0. The summed E-state index contributed by atoms with van der Waals surface area (Å²) in [5, 5.41) is 10.1. The monoisotopic (exact) mass is 531 g/mol. The van der Waals surface area contributed by atoms with E-state index in [9.17, 15) is 0 Å². The molecular weight excluding hydrogens is 498 g/mol. The van der Waals surface area contributed by atoms with Crippen LogP contribution in [0.4, 0.5) is 5.82 Å². The third-order valence-electron chi connectivity index (χ3n) is 8.12. The number of fused-ring (bicyclic) bond motifs is 1. The van der Waals surface area contributed by atoms with Gasteiger partial charge in [-0.3, -0.25) is 0 Å². The van der Waals surface area contributed by atoms with Crippen LogP contribution in [0.25, 0.3) is 33.5 Å². The average Bonchev–Trinajstić information content (AvgIpc) is 3.59. The second-order valence-corrected chi connectivity index (χ2v) is 10.8. The molecular formula is C32H33N7O. The van der Waals surface area contributed by atoms with Gasteiger partial charge in [-0.25, -0.2) is 15.0 Å². The summed E-state index contributed by atoms with van der Waals surface area (Å²) in [5.74, 6) is 2.92. The number of H-pyrrole nitrogens is 2. The molecule has 4 heterocycles. The first-order valence-corrected chi connectivity index (χ1v) is 13.8. The maximum absolute atomic E-state index is 9.11. The molecule has 202 valence electrons. The minimum Gasteiger partial charge on any atom is -0.494 e. The normalized spacial score (nSPS) is 14.8. The van der Waals surface area contributed by atoms with Crippen molar-refractivity contribution >= 4 is 16.9 Å². The predicted molar refractivity (Wildman–Crippen MR) is 158 cm³/mol. The number of nitriles is 1. The van der Waals surface area contributed by atoms with Gasteiger partial charge in [-0.2, -0.15) is 5.26 Å². The molecule has 0 saturated carbocycles. The van der Waals surface area contributed by atoms with Crippen LogP contribution >= 0.6 is 0 Å². The van der Waals surface area contributed by atoms with Crippen LogP contribution in [0.5, 0.6) is 5.75 Å². The van der Waals surface area contributed by atoms with Crippen LogP contribution in [0.2, 0.25) is 0 Å². The number of aromatic amines is 2. The van der Waals surface area contributed by atoms with Gasteiger partial charge < -0.3 is 19.6 Å². The number of anilines is 1. The van der Waals surface area contributed by atoms with E-state index in [-0.39, 0.29) is 5.41 Å². The molecule has 0 amide bonds. The lowest BCUT2D eigenvalue weighted by molar-refractivity contribution is 0.338. The van der Waals surface area contributed by atoms with E-state index in [4.69, 9.17) is 15.0 Å². The predicted octanol–water partition coefficient (Wildman–Crippen LogP) is 6.46. The number of nitrogens with zero attached hydrogens (tertiary/aromatic N) is 5. The molecule has 1 aliphatic rings. The third kappa shape index (κ3) is 4.58. The Morgan fingerprint density at radius 2 is 1.75 bits per heavy atom. The van der Waals surface area contributed by atoms with Crippen LogP contribution in [0.15, 0.2) is 54.9 Å². The van der Waals surface area contributed by atoms with Gasteiger partial charge in [0.05, 0.1) is 35.0 Å². The highest BCUT2D eigenvalue weighted by molar-refractivity contribution is 5.92. The van der Waals surface area contributed by atoms with Crippen molar-refractivity contribution in [1.29, 1.82) is 5.26 Å². The largest absolute Gasteiger partial charge is 0.494 e. The fourth-order valence-corrected chi connectivity index (χ4v) is 5.66. The quantitative estimate of drug-likeness (QED) is 0.260. The average molecular weight is 532 g/mol. The molecule has 2 N–H and O–H groups in total.